The van der Waals surface area contributed by atoms with Crippen molar-refractivity contribution in [3.8, 4) is 0 Å². The molecule has 0 aliphatic heterocycles. The summed E-state index contributed by atoms with van der Waals surface area (Å²) in [7, 11) is 0. The number of hydrogen-bond donors (Lipinski definition) is 2. The average Bonchev–Trinajstić information content (AvgIpc) is 2.13. The molecular formula is C11H19N3. The van der Waals surface area contributed by atoms with Crippen LogP contribution in [-0.4, -0.2) is 11.0 Å². The monoisotopic (exact) mass is 193 g/mol. The SMILES string of the molecule is CCCC(C)Nc1nccc(C)c1N. The van der Waals surface area contributed by atoms with Gasteiger partial charge in [-0.2, -0.15) is 0 Å². The molecule has 0 fully saturated rings. The van der Waals surface area contributed by atoms with Gasteiger partial charge < -0.3 is 11.1 Å². The predicted octanol–water partition coefficient (Wildman–Crippen LogP) is 2.57. The predicted molar refractivity (Wildman–Crippen MR) is 61.4 cm³/mol. The number of nitrogens with one attached hydrogen (secondary N) is 1. The van der Waals surface area contributed by atoms with Gasteiger partial charge in [-0.05, 0) is 31.9 Å². The quantitative estimate of drug-likeness (QED) is 0.772. The lowest BCUT2D eigenvalue weighted by Crippen LogP contribution is -2.16. The van der Waals surface area contributed by atoms with E-state index in [1.165, 1.54) is 6.42 Å². The molecule has 1 unspecified atom stereocenters. The summed E-state index contributed by atoms with van der Waals surface area (Å²) in [6.07, 6.45) is 4.08. The lowest BCUT2D eigenvalue weighted by atomic mass is 10.2. The van der Waals surface area contributed by atoms with Gasteiger partial charge in [0, 0.05) is 12.2 Å². The minimum atomic E-state index is 0.427. The molecule has 0 amide bonds. The summed E-state index contributed by atoms with van der Waals surface area (Å²) in [5.41, 5.74) is 7.74. The van der Waals surface area contributed by atoms with Crippen LogP contribution in [0.1, 0.15) is 32.3 Å². The fraction of sp³-hybridized carbons (Fsp3) is 0.545. The van der Waals surface area contributed by atoms with Crippen molar-refractivity contribution in [1.82, 2.24) is 4.98 Å². The Morgan fingerprint density at radius 2 is 2.29 bits per heavy atom. The Morgan fingerprint density at radius 1 is 1.57 bits per heavy atom. The molecule has 14 heavy (non-hydrogen) atoms. The van der Waals surface area contributed by atoms with Crippen molar-refractivity contribution < 1.29 is 0 Å². The molecule has 0 saturated carbocycles. The normalized spacial score (nSPS) is 12.5. The number of hydrogen-bond acceptors (Lipinski definition) is 3. The van der Waals surface area contributed by atoms with Crippen molar-refractivity contribution in [2.24, 2.45) is 0 Å². The van der Waals surface area contributed by atoms with Crippen molar-refractivity contribution in [3.63, 3.8) is 0 Å². The molecule has 3 nitrogen and oxygen atoms in total. The van der Waals surface area contributed by atoms with E-state index < -0.39 is 0 Å². The molecule has 0 bridgehead atoms. The molecule has 3 heteroatoms. The molecule has 1 aromatic heterocycles. The Labute approximate surface area is 85.7 Å². The lowest BCUT2D eigenvalue weighted by Gasteiger charge is -2.15. The van der Waals surface area contributed by atoms with Gasteiger partial charge in [0.15, 0.2) is 0 Å². The Morgan fingerprint density at radius 3 is 2.93 bits per heavy atom. The van der Waals surface area contributed by atoms with Crippen molar-refractivity contribution in [2.45, 2.75) is 39.7 Å². The highest BCUT2D eigenvalue weighted by Crippen LogP contribution is 2.19. The van der Waals surface area contributed by atoms with Gasteiger partial charge in [-0.15, -0.1) is 0 Å². The van der Waals surface area contributed by atoms with E-state index in [-0.39, 0.29) is 0 Å². The maximum absolute atomic E-state index is 5.90. The Hall–Kier alpha value is -1.25. The maximum atomic E-state index is 5.90. The summed E-state index contributed by atoms with van der Waals surface area (Å²) in [6.45, 7) is 6.31. The molecule has 1 rings (SSSR count). The molecule has 0 saturated heterocycles. The number of nitrogens with zero attached hydrogens (tertiary/aromatic N) is 1. The molecule has 3 N–H and O–H groups in total. The maximum Gasteiger partial charge on any atom is 0.149 e. The van der Waals surface area contributed by atoms with Crippen LogP contribution < -0.4 is 11.1 Å². The van der Waals surface area contributed by atoms with Crippen LogP contribution in [0.25, 0.3) is 0 Å². The smallest absolute Gasteiger partial charge is 0.149 e. The Bertz CT molecular complexity index is 297. The van der Waals surface area contributed by atoms with Crippen LogP contribution in [0, 0.1) is 6.92 Å². The van der Waals surface area contributed by atoms with Crippen LogP contribution in [0.3, 0.4) is 0 Å². The van der Waals surface area contributed by atoms with Crippen molar-refractivity contribution in [3.05, 3.63) is 17.8 Å². The Kier molecular flexibility index (Phi) is 3.74. The van der Waals surface area contributed by atoms with Gasteiger partial charge in [-0.25, -0.2) is 4.98 Å². The summed E-state index contributed by atoms with van der Waals surface area (Å²) in [6, 6.07) is 2.35. The van der Waals surface area contributed by atoms with E-state index in [9.17, 15) is 0 Å². The molecule has 0 aromatic carbocycles. The highest BCUT2D eigenvalue weighted by molar-refractivity contribution is 5.65. The number of aryl methyl sites for hydroxylation is 1. The third kappa shape index (κ3) is 2.62. The summed E-state index contributed by atoms with van der Waals surface area (Å²) in [4.78, 5) is 4.23. The molecule has 1 atom stereocenters. The van der Waals surface area contributed by atoms with E-state index >= 15 is 0 Å². The summed E-state index contributed by atoms with van der Waals surface area (Å²) in [5, 5.41) is 3.32. The number of anilines is 2. The third-order valence-electron chi connectivity index (χ3n) is 2.31. The number of pyridine rings is 1. The van der Waals surface area contributed by atoms with Crippen molar-refractivity contribution >= 4 is 11.5 Å². The van der Waals surface area contributed by atoms with Gasteiger partial charge in [-0.3, -0.25) is 0 Å². The first-order valence-electron chi connectivity index (χ1n) is 5.12. The summed E-state index contributed by atoms with van der Waals surface area (Å²) in [5.74, 6) is 0.811. The van der Waals surface area contributed by atoms with E-state index in [1.54, 1.807) is 6.20 Å². The molecule has 0 spiro atoms. The highest BCUT2D eigenvalue weighted by Gasteiger charge is 2.05. The molecule has 0 radical (unpaired) electrons. The van der Waals surface area contributed by atoms with Crippen LogP contribution in [0.4, 0.5) is 11.5 Å². The molecule has 1 heterocycles. The van der Waals surface area contributed by atoms with E-state index in [4.69, 9.17) is 5.73 Å². The van der Waals surface area contributed by atoms with Crippen molar-refractivity contribution in [1.29, 1.82) is 0 Å². The van der Waals surface area contributed by atoms with Crippen LogP contribution in [0.2, 0.25) is 0 Å². The second-order valence-electron chi connectivity index (χ2n) is 3.72. The second-order valence-corrected chi connectivity index (χ2v) is 3.72. The van der Waals surface area contributed by atoms with Gasteiger partial charge in [0.25, 0.3) is 0 Å². The van der Waals surface area contributed by atoms with E-state index in [0.717, 1.165) is 23.5 Å². The molecule has 78 valence electrons. The van der Waals surface area contributed by atoms with Gasteiger partial charge in [-0.1, -0.05) is 13.3 Å². The molecular weight excluding hydrogens is 174 g/mol. The average molecular weight is 193 g/mol. The van der Waals surface area contributed by atoms with E-state index in [2.05, 4.69) is 24.1 Å². The fourth-order valence-corrected chi connectivity index (χ4v) is 1.42. The van der Waals surface area contributed by atoms with Gasteiger partial charge in [0.1, 0.15) is 5.82 Å². The molecule has 0 aliphatic carbocycles. The van der Waals surface area contributed by atoms with Crippen LogP contribution in [0.15, 0.2) is 12.3 Å². The topological polar surface area (TPSA) is 50.9 Å². The standard InChI is InChI=1S/C11H19N3/c1-4-5-9(3)14-11-10(12)8(2)6-7-13-11/h6-7,9H,4-5,12H2,1-3H3,(H,13,14). The highest BCUT2D eigenvalue weighted by atomic mass is 15.0. The van der Waals surface area contributed by atoms with E-state index in [1.807, 2.05) is 13.0 Å². The second kappa shape index (κ2) is 4.84. The van der Waals surface area contributed by atoms with Crippen molar-refractivity contribution in [2.75, 3.05) is 11.1 Å². The number of nitrogen functional groups attached to an aromatic ring is 1. The largest absolute Gasteiger partial charge is 0.396 e. The first kappa shape index (κ1) is 10.8. The van der Waals surface area contributed by atoms with E-state index in [0.29, 0.717) is 6.04 Å². The lowest BCUT2D eigenvalue weighted by molar-refractivity contribution is 0.688. The van der Waals surface area contributed by atoms with Crippen LogP contribution in [0.5, 0.6) is 0 Å². The minimum Gasteiger partial charge on any atom is -0.396 e. The zero-order valence-electron chi connectivity index (χ0n) is 9.17. The minimum absolute atomic E-state index is 0.427. The first-order valence-corrected chi connectivity index (χ1v) is 5.12. The molecule has 0 aliphatic rings. The van der Waals surface area contributed by atoms with Crippen LogP contribution >= 0.6 is 0 Å². The van der Waals surface area contributed by atoms with Crippen LogP contribution in [-0.2, 0) is 0 Å². The number of rotatable bonds is 4. The zero-order chi connectivity index (χ0) is 10.6. The Balaban J connectivity index is 2.71. The number of aromatic nitrogens is 1. The van der Waals surface area contributed by atoms with Gasteiger partial charge in [0.2, 0.25) is 0 Å². The third-order valence-corrected chi connectivity index (χ3v) is 2.31. The fourth-order valence-electron chi connectivity index (χ4n) is 1.42. The first-order chi connectivity index (χ1) is 6.65. The molecule has 1 aromatic rings. The summed E-state index contributed by atoms with van der Waals surface area (Å²) < 4.78 is 0. The van der Waals surface area contributed by atoms with Gasteiger partial charge >= 0.3 is 0 Å². The van der Waals surface area contributed by atoms with Gasteiger partial charge in [0.05, 0.1) is 5.69 Å². The number of nitrogens with two attached hydrogens (primary N) is 1. The zero-order valence-corrected chi connectivity index (χ0v) is 9.17. The summed E-state index contributed by atoms with van der Waals surface area (Å²) >= 11 is 0.